The first-order chi connectivity index (χ1) is 5.59. The predicted molar refractivity (Wildman–Crippen MR) is 43.4 cm³/mol. The van der Waals surface area contributed by atoms with Crippen LogP contribution in [0.3, 0.4) is 0 Å². The van der Waals surface area contributed by atoms with Crippen LogP contribution in [-0.4, -0.2) is 0 Å². The molecule has 1 aromatic rings. The van der Waals surface area contributed by atoms with E-state index >= 15 is 0 Å². The average Bonchev–Trinajstić information content (AvgIpc) is 2.28. The maximum Gasteiger partial charge on any atom is 0.273 e. The van der Waals surface area contributed by atoms with Crippen LogP contribution in [0.4, 0.5) is 8.78 Å². The minimum absolute atomic E-state index is 0.0220. The van der Waals surface area contributed by atoms with E-state index in [-0.39, 0.29) is 12.0 Å². The van der Waals surface area contributed by atoms with Crippen molar-refractivity contribution in [2.45, 2.75) is 25.7 Å². The van der Waals surface area contributed by atoms with E-state index in [0.717, 1.165) is 11.1 Å². The average molecular weight is 168 g/mol. The third-order valence-corrected chi connectivity index (χ3v) is 2.37. The number of benzene rings is 1. The molecule has 0 N–H and O–H groups in total. The molecule has 1 aliphatic rings. The van der Waals surface area contributed by atoms with Crippen molar-refractivity contribution >= 4 is 0 Å². The summed E-state index contributed by atoms with van der Waals surface area (Å²) in [6.07, 6.45) is 0.494. The van der Waals surface area contributed by atoms with Crippen LogP contribution < -0.4 is 0 Å². The largest absolute Gasteiger partial charge is 0.273 e. The Morgan fingerprint density at radius 1 is 1.33 bits per heavy atom. The lowest BCUT2D eigenvalue weighted by Crippen LogP contribution is -2.07. The van der Waals surface area contributed by atoms with Gasteiger partial charge in [-0.2, -0.15) is 0 Å². The Kier molecular flexibility index (Phi) is 1.47. The van der Waals surface area contributed by atoms with Crippen LogP contribution in [0.2, 0.25) is 0 Å². The van der Waals surface area contributed by atoms with Crippen LogP contribution in [0, 0.1) is 6.92 Å². The highest BCUT2D eigenvalue weighted by Gasteiger charge is 2.38. The topological polar surface area (TPSA) is 0 Å². The van der Waals surface area contributed by atoms with Gasteiger partial charge in [0.1, 0.15) is 0 Å². The molecule has 0 heterocycles. The third kappa shape index (κ3) is 1.02. The molecule has 0 saturated heterocycles. The van der Waals surface area contributed by atoms with Crippen molar-refractivity contribution < 1.29 is 8.78 Å². The van der Waals surface area contributed by atoms with Gasteiger partial charge in [0.25, 0.3) is 5.92 Å². The normalized spacial score (nSPS) is 19.2. The van der Waals surface area contributed by atoms with Gasteiger partial charge in [0.15, 0.2) is 0 Å². The molecule has 0 fully saturated rings. The molecule has 0 spiro atoms. The summed E-state index contributed by atoms with van der Waals surface area (Å²) in [5.74, 6) is -2.58. The van der Waals surface area contributed by atoms with Gasteiger partial charge in [0.05, 0.1) is 0 Å². The number of rotatable bonds is 0. The molecule has 12 heavy (non-hydrogen) atoms. The second-order valence-corrected chi connectivity index (χ2v) is 3.37. The standard InChI is InChI=1S/C10H10F2/c1-7-2-3-8-4-5-10(11,12)9(8)6-7/h2-3,6H,4-5H2,1H3. The molecule has 1 aliphatic carbocycles. The summed E-state index contributed by atoms with van der Waals surface area (Å²) >= 11 is 0. The van der Waals surface area contributed by atoms with Gasteiger partial charge >= 0.3 is 0 Å². The quantitative estimate of drug-likeness (QED) is 0.558. The van der Waals surface area contributed by atoms with E-state index in [1.165, 1.54) is 0 Å². The highest BCUT2D eigenvalue weighted by molar-refractivity contribution is 5.38. The lowest BCUT2D eigenvalue weighted by molar-refractivity contribution is -0.00188. The molecule has 0 atom stereocenters. The van der Waals surface area contributed by atoms with E-state index in [1.54, 1.807) is 6.07 Å². The lowest BCUT2D eigenvalue weighted by Gasteiger charge is -2.09. The van der Waals surface area contributed by atoms with Gasteiger partial charge in [-0.1, -0.05) is 17.7 Å². The second-order valence-electron chi connectivity index (χ2n) is 3.37. The summed E-state index contributed by atoms with van der Waals surface area (Å²) in [5, 5.41) is 0. The Morgan fingerprint density at radius 3 is 2.83 bits per heavy atom. The molecule has 0 bridgehead atoms. The number of hydrogen-bond acceptors (Lipinski definition) is 0. The first kappa shape index (κ1) is 7.71. The molecule has 0 unspecified atom stereocenters. The van der Waals surface area contributed by atoms with E-state index in [2.05, 4.69) is 0 Å². The smallest absolute Gasteiger partial charge is 0.201 e. The Bertz CT molecular complexity index is 316. The first-order valence-corrected chi connectivity index (χ1v) is 4.07. The van der Waals surface area contributed by atoms with Crippen molar-refractivity contribution in [1.29, 1.82) is 0 Å². The zero-order valence-corrected chi connectivity index (χ0v) is 6.90. The number of hydrogen-bond donors (Lipinski definition) is 0. The molecular weight excluding hydrogens is 158 g/mol. The van der Waals surface area contributed by atoms with Crippen molar-refractivity contribution in [3.63, 3.8) is 0 Å². The zero-order valence-electron chi connectivity index (χ0n) is 6.90. The van der Waals surface area contributed by atoms with Crippen LogP contribution in [0.1, 0.15) is 23.1 Å². The molecule has 0 nitrogen and oxygen atoms in total. The van der Waals surface area contributed by atoms with Crippen LogP contribution in [0.25, 0.3) is 0 Å². The van der Waals surface area contributed by atoms with E-state index in [1.807, 2.05) is 19.1 Å². The van der Waals surface area contributed by atoms with Gasteiger partial charge in [-0.25, -0.2) is 8.78 Å². The fourth-order valence-electron chi connectivity index (χ4n) is 1.68. The fourth-order valence-corrected chi connectivity index (χ4v) is 1.68. The van der Waals surface area contributed by atoms with Gasteiger partial charge in [-0.3, -0.25) is 0 Å². The van der Waals surface area contributed by atoms with Crippen molar-refractivity contribution in [1.82, 2.24) is 0 Å². The van der Waals surface area contributed by atoms with E-state index in [0.29, 0.717) is 6.42 Å². The van der Waals surface area contributed by atoms with Gasteiger partial charge in [-0.15, -0.1) is 0 Å². The monoisotopic (exact) mass is 168 g/mol. The summed E-state index contributed by atoms with van der Waals surface area (Å²) < 4.78 is 26.2. The number of halogens is 2. The maximum absolute atomic E-state index is 13.1. The molecule has 0 aliphatic heterocycles. The fraction of sp³-hybridized carbons (Fsp3) is 0.400. The van der Waals surface area contributed by atoms with Gasteiger partial charge in [-0.05, 0) is 25.0 Å². The molecule has 0 amide bonds. The minimum Gasteiger partial charge on any atom is -0.201 e. The SMILES string of the molecule is Cc1ccc2c(c1)C(F)(F)CC2. The van der Waals surface area contributed by atoms with Gasteiger partial charge < -0.3 is 0 Å². The Morgan fingerprint density at radius 2 is 2.08 bits per heavy atom. The molecule has 2 rings (SSSR count). The Labute approximate surface area is 70.2 Å². The number of aryl methyl sites for hydroxylation is 2. The summed E-state index contributed by atoms with van der Waals surface area (Å²) in [6, 6.07) is 5.30. The van der Waals surface area contributed by atoms with Crippen molar-refractivity contribution in [3.05, 3.63) is 34.9 Å². The zero-order chi connectivity index (χ0) is 8.77. The van der Waals surface area contributed by atoms with E-state index in [4.69, 9.17) is 0 Å². The summed E-state index contributed by atoms with van der Waals surface area (Å²) in [4.78, 5) is 0. The minimum atomic E-state index is -2.58. The van der Waals surface area contributed by atoms with Crippen molar-refractivity contribution in [2.24, 2.45) is 0 Å². The van der Waals surface area contributed by atoms with Gasteiger partial charge in [0, 0.05) is 12.0 Å². The van der Waals surface area contributed by atoms with E-state index in [9.17, 15) is 8.78 Å². The molecule has 0 saturated carbocycles. The predicted octanol–water partition coefficient (Wildman–Crippen LogP) is 3.03. The summed E-state index contributed by atoms with van der Waals surface area (Å²) in [7, 11) is 0. The van der Waals surface area contributed by atoms with E-state index < -0.39 is 5.92 Å². The molecular formula is C10H10F2. The van der Waals surface area contributed by atoms with Crippen LogP contribution in [-0.2, 0) is 12.3 Å². The third-order valence-electron chi connectivity index (χ3n) is 2.37. The Balaban J connectivity index is 2.57. The van der Waals surface area contributed by atoms with Crippen molar-refractivity contribution in [3.8, 4) is 0 Å². The van der Waals surface area contributed by atoms with Crippen LogP contribution >= 0.6 is 0 Å². The van der Waals surface area contributed by atoms with Gasteiger partial charge in [0.2, 0.25) is 0 Å². The first-order valence-electron chi connectivity index (χ1n) is 4.07. The van der Waals surface area contributed by atoms with Crippen LogP contribution in [0.5, 0.6) is 0 Å². The van der Waals surface area contributed by atoms with Crippen molar-refractivity contribution in [2.75, 3.05) is 0 Å². The maximum atomic E-state index is 13.1. The number of alkyl halides is 2. The Hall–Kier alpha value is -0.920. The molecule has 0 radical (unpaired) electrons. The second kappa shape index (κ2) is 2.28. The molecule has 2 heteroatoms. The molecule has 1 aromatic carbocycles. The lowest BCUT2D eigenvalue weighted by atomic mass is 10.1. The highest BCUT2D eigenvalue weighted by atomic mass is 19.3. The molecule has 64 valence electrons. The van der Waals surface area contributed by atoms with Crippen LogP contribution in [0.15, 0.2) is 18.2 Å². The summed E-state index contributed by atoms with van der Waals surface area (Å²) in [6.45, 7) is 1.84. The molecule has 0 aromatic heterocycles. The number of fused-ring (bicyclic) bond motifs is 1. The highest BCUT2D eigenvalue weighted by Crippen LogP contribution is 2.41. The summed E-state index contributed by atoms with van der Waals surface area (Å²) in [5.41, 5.74) is 1.96.